The smallest absolute Gasteiger partial charge is 0.391 e. The molecule has 0 radical (unpaired) electrons. The Balaban J connectivity index is 1.79. The van der Waals surface area contributed by atoms with Crippen LogP contribution in [-0.4, -0.2) is 39.3 Å². The second kappa shape index (κ2) is 8.80. The Labute approximate surface area is 189 Å². The van der Waals surface area contributed by atoms with Gasteiger partial charge in [-0.1, -0.05) is 22.9 Å². The van der Waals surface area contributed by atoms with Crippen molar-refractivity contribution in [3.63, 3.8) is 0 Å². The Hall–Kier alpha value is -2.50. The number of aliphatic hydroxyl groups is 1. The lowest BCUT2D eigenvalue weighted by molar-refractivity contribution is -0.137. The average Bonchev–Trinajstić information content (AvgIpc) is 3.10. The highest BCUT2D eigenvalue weighted by atomic mass is 35.5. The predicted octanol–water partition coefficient (Wildman–Crippen LogP) is 5.42. The Morgan fingerprint density at radius 1 is 1.19 bits per heavy atom. The van der Waals surface area contributed by atoms with Crippen LogP contribution in [0.3, 0.4) is 0 Å². The summed E-state index contributed by atoms with van der Waals surface area (Å²) < 4.78 is 53.9. The highest BCUT2D eigenvalue weighted by Gasteiger charge is 2.32. The van der Waals surface area contributed by atoms with E-state index in [4.69, 9.17) is 11.6 Å². The number of aryl methyl sites for hydroxylation is 1. The molecular weight excluding hydrogens is 470 g/mol. The molecule has 1 aromatic carbocycles. The fourth-order valence-corrected chi connectivity index (χ4v) is 4.76. The molecule has 3 aromatic rings. The number of anilines is 3. The van der Waals surface area contributed by atoms with Crippen molar-refractivity contribution >= 4 is 38.9 Å². The summed E-state index contributed by atoms with van der Waals surface area (Å²) in [5.74, 6) is -0.223. The van der Waals surface area contributed by atoms with Crippen molar-refractivity contribution in [2.24, 2.45) is 0 Å². The van der Waals surface area contributed by atoms with Gasteiger partial charge in [-0.05, 0) is 38.0 Å². The quantitative estimate of drug-likeness (QED) is 0.378. The number of halogens is 5. The molecule has 170 valence electrons. The van der Waals surface area contributed by atoms with Crippen LogP contribution >= 0.6 is 22.9 Å². The minimum absolute atomic E-state index is 0.00594. The van der Waals surface area contributed by atoms with Crippen molar-refractivity contribution in [3.05, 3.63) is 46.6 Å². The SMILES string of the molecule is Cc1nc(Cl)cc(Nc2nc(-c3cc(F)cc(C(F)(F)F)c3)c(N3CCC[C@H](O)C3)s2)n1. The van der Waals surface area contributed by atoms with Crippen molar-refractivity contribution in [2.45, 2.75) is 32.0 Å². The number of rotatable bonds is 4. The molecule has 3 heterocycles. The van der Waals surface area contributed by atoms with E-state index in [0.717, 1.165) is 12.1 Å². The normalized spacial score (nSPS) is 17.0. The van der Waals surface area contributed by atoms with E-state index in [0.29, 0.717) is 53.8 Å². The van der Waals surface area contributed by atoms with E-state index in [1.807, 2.05) is 4.90 Å². The van der Waals surface area contributed by atoms with Crippen LogP contribution in [-0.2, 0) is 6.18 Å². The topological polar surface area (TPSA) is 74.2 Å². The zero-order valence-corrected chi connectivity index (χ0v) is 18.3. The van der Waals surface area contributed by atoms with Gasteiger partial charge in [0, 0.05) is 24.7 Å². The molecule has 2 N–H and O–H groups in total. The maximum atomic E-state index is 14.1. The Morgan fingerprint density at radius 2 is 1.97 bits per heavy atom. The molecule has 1 aliphatic rings. The number of benzene rings is 1. The molecule has 0 unspecified atom stereocenters. The Bertz CT molecular complexity index is 1120. The minimum Gasteiger partial charge on any atom is -0.391 e. The summed E-state index contributed by atoms with van der Waals surface area (Å²) in [6, 6.07) is 3.83. The summed E-state index contributed by atoms with van der Waals surface area (Å²) >= 11 is 7.15. The number of β-amino-alcohol motifs (C(OH)–C–C–N with tert-alkyl or cyclic N) is 1. The van der Waals surface area contributed by atoms with Crippen molar-refractivity contribution < 1.29 is 22.7 Å². The van der Waals surface area contributed by atoms with E-state index >= 15 is 0 Å². The molecule has 0 amide bonds. The summed E-state index contributed by atoms with van der Waals surface area (Å²) in [6.07, 6.45) is -3.94. The summed E-state index contributed by atoms with van der Waals surface area (Å²) in [4.78, 5) is 14.5. The maximum Gasteiger partial charge on any atom is 0.416 e. The van der Waals surface area contributed by atoms with Crippen LogP contribution < -0.4 is 10.2 Å². The van der Waals surface area contributed by atoms with Gasteiger partial charge in [-0.15, -0.1) is 0 Å². The van der Waals surface area contributed by atoms with E-state index in [1.165, 1.54) is 17.4 Å². The molecule has 1 atom stereocenters. The molecule has 0 saturated carbocycles. The van der Waals surface area contributed by atoms with Gasteiger partial charge >= 0.3 is 6.18 Å². The van der Waals surface area contributed by atoms with Crippen LogP contribution in [0.25, 0.3) is 11.3 Å². The molecule has 12 heteroatoms. The second-order valence-electron chi connectivity index (χ2n) is 7.39. The molecule has 2 aromatic heterocycles. The van der Waals surface area contributed by atoms with Crippen LogP contribution in [0, 0.1) is 12.7 Å². The van der Waals surface area contributed by atoms with Gasteiger partial charge in [0.25, 0.3) is 0 Å². The van der Waals surface area contributed by atoms with Gasteiger partial charge < -0.3 is 15.3 Å². The molecule has 0 aliphatic carbocycles. The molecule has 1 fully saturated rings. The van der Waals surface area contributed by atoms with Crippen LogP contribution in [0.2, 0.25) is 5.15 Å². The highest BCUT2D eigenvalue weighted by molar-refractivity contribution is 7.20. The van der Waals surface area contributed by atoms with Crippen LogP contribution in [0.1, 0.15) is 24.2 Å². The fraction of sp³-hybridized carbons (Fsp3) is 0.350. The molecular formula is C20H18ClF4N5OS. The van der Waals surface area contributed by atoms with E-state index in [2.05, 4.69) is 20.3 Å². The number of thiazole rings is 1. The van der Waals surface area contributed by atoms with Gasteiger partial charge in [-0.25, -0.2) is 19.3 Å². The summed E-state index contributed by atoms with van der Waals surface area (Å²) in [6.45, 7) is 2.55. The number of hydrogen-bond acceptors (Lipinski definition) is 7. The molecule has 32 heavy (non-hydrogen) atoms. The summed E-state index contributed by atoms with van der Waals surface area (Å²) in [7, 11) is 0. The molecule has 0 spiro atoms. The zero-order valence-electron chi connectivity index (χ0n) is 16.7. The predicted molar refractivity (Wildman–Crippen MR) is 115 cm³/mol. The molecule has 1 saturated heterocycles. The first-order valence-corrected chi connectivity index (χ1v) is 10.9. The lowest BCUT2D eigenvalue weighted by Gasteiger charge is -2.31. The number of alkyl halides is 3. The van der Waals surface area contributed by atoms with Gasteiger partial charge in [-0.3, -0.25) is 0 Å². The third-order valence-corrected chi connectivity index (χ3v) is 6.06. The van der Waals surface area contributed by atoms with E-state index < -0.39 is 23.7 Å². The number of piperidine rings is 1. The van der Waals surface area contributed by atoms with Gasteiger partial charge in [0.1, 0.15) is 33.3 Å². The third-order valence-electron chi connectivity index (χ3n) is 4.83. The lowest BCUT2D eigenvalue weighted by Crippen LogP contribution is -2.38. The largest absolute Gasteiger partial charge is 0.416 e. The Kier molecular flexibility index (Phi) is 6.24. The lowest BCUT2D eigenvalue weighted by atomic mass is 10.1. The van der Waals surface area contributed by atoms with E-state index in [1.54, 1.807) is 6.92 Å². The van der Waals surface area contributed by atoms with Crippen molar-refractivity contribution in [1.29, 1.82) is 0 Å². The van der Waals surface area contributed by atoms with Crippen molar-refractivity contribution in [2.75, 3.05) is 23.3 Å². The van der Waals surface area contributed by atoms with Crippen LogP contribution in [0.5, 0.6) is 0 Å². The Morgan fingerprint density at radius 3 is 2.66 bits per heavy atom. The second-order valence-corrected chi connectivity index (χ2v) is 8.75. The van der Waals surface area contributed by atoms with Crippen molar-refractivity contribution in [3.8, 4) is 11.3 Å². The zero-order chi connectivity index (χ0) is 23.0. The number of aliphatic hydroxyl groups excluding tert-OH is 1. The maximum absolute atomic E-state index is 14.1. The average molecular weight is 488 g/mol. The van der Waals surface area contributed by atoms with Crippen molar-refractivity contribution in [1.82, 2.24) is 15.0 Å². The van der Waals surface area contributed by atoms with Crippen LogP contribution in [0.4, 0.5) is 33.5 Å². The van der Waals surface area contributed by atoms with Gasteiger partial charge in [0.15, 0.2) is 5.13 Å². The van der Waals surface area contributed by atoms with Crippen LogP contribution in [0.15, 0.2) is 24.3 Å². The standard InChI is InChI=1S/C20H18ClF4N5OS/c1-10-26-15(21)8-16(27-10)28-19-29-17(18(32-19)30-4-2-3-14(31)9-30)11-5-12(20(23,24)25)7-13(22)6-11/h5-8,14,31H,2-4,9H2,1H3,(H,26,27,28,29)/t14-/m0/s1. The minimum atomic E-state index is -4.70. The first-order chi connectivity index (χ1) is 15.1. The summed E-state index contributed by atoms with van der Waals surface area (Å²) in [5, 5.41) is 14.2. The van der Waals surface area contributed by atoms with Gasteiger partial charge in [-0.2, -0.15) is 13.2 Å². The number of aromatic nitrogens is 3. The number of hydrogen-bond donors (Lipinski definition) is 2. The number of nitrogens with zero attached hydrogens (tertiary/aromatic N) is 4. The van der Waals surface area contributed by atoms with Gasteiger partial charge in [0.05, 0.1) is 11.7 Å². The molecule has 1 aliphatic heterocycles. The van der Waals surface area contributed by atoms with Gasteiger partial charge in [0.2, 0.25) is 0 Å². The molecule has 0 bridgehead atoms. The highest BCUT2D eigenvalue weighted by Crippen LogP contribution is 2.42. The van der Waals surface area contributed by atoms with E-state index in [9.17, 15) is 22.7 Å². The first-order valence-electron chi connectivity index (χ1n) is 9.68. The fourth-order valence-electron chi connectivity index (χ4n) is 3.50. The third kappa shape index (κ3) is 5.11. The molecule has 4 rings (SSSR count). The van der Waals surface area contributed by atoms with E-state index in [-0.39, 0.29) is 16.4 Å². The first kappa shape index (κ1) is 22.7. The monoisotopic (exact) mass is 487 g/mol. The number of nitrogens with one attached hydrogen (secondary N) is 1. The summed E-state index contributed by atoms with van der Waals surface area (Å²) in [5.41, 5.74) is -0.917. The molecule has 6 nitrogen and oxygen atoms in total.